The van der Waals surface area contributed by atoms with Crippen molar-refractivity contribution < 1.29 is 9.18 Å². The van der Waals surface area contributed by atoms with Crippen LogP contribution in [0, 0.1) is 12.7 Å². The van der Waals surface area contributed by atoms with Crippen LogP contribution in [0.5, 0.6) is 0 Å². The van der Waals surface area contributed by atoms with Gasteiger partial charge in [-0.3, -0.25) is 4.79 Å². The fourth-order valence-corrected chi connectivity index (χ4v) is 1.29. The van der Waals surface area contributed by atoms with Gasteiger partial charge in [0, 0.05) is 7.05 Å². The molecule has 1 atom stereocenters. The summed E-state index contributed by atoms with van der Waals surface area (Å²) in [5.74, 6) is -0.688. The van der Waals surface area contributed by atoms with Gasteiger partial charge in [-0.15, -0.1) is 11.6 Å². The summed E-state index contributed by atoms with van der Waals surface area (Å²) in [5, 5.41) is 1.57. The maximum Gasteiger partial charge on any atom is 0.242 e. The maximum atomic E-state index is 13.1. The number of amides is 1. The second kappa shape index (κ2) is 4.42. The van der Waals surface area contributed by atoms with Crippen molar-refractivity contribution in [2.24, 2.45) is 0 Å². The minimum atomic E-state index is -0.838. The first-order chi connectivity index (χ1) is 6.56. The molecule has 0 fully saturated rings. The first-order valence-corrected chi connectivity index (χ1v) is 4.61. The van der Waals surface area contributed by atoms with E-state index in [1.807, 2.05) is 0 Å². The Morgan fingerprint density at radius 1 is 1.57 bits per heavy atom. The standard InChI is InChI=1S/C10H11ClFNO/c1-6-3-4-7(5-8(6)12)9(11)10(14)13-2/h3-5,9H,1-2H3,(H,13,14). The summed E-state index contributed by atoms with van der Waals surface area (Å²) >= 11 is 5.80. The average Bonchev–Trinajstić information content (AvgIpc) is 2.20. The third-order valence-electron chi connectivity index (χ3n) is 1.97. The Bertz CT molecular complexity index is 354. The predicted molar refractivity (Wildman–Crippen MR) is 53.8 cm³/mol. The molecule has 0 radical (unpaired) electrons. The second-order valence-corrected chi connectivity index (χ2v) is 3.42. The van der Waals surface area contributed by atoms with Crippen molar-refractivity contribution in [3.05, 3.63) is 35.1 Å². The van der Waals surface area contributed by atoms with E-state index in [1.54, 1.807) is 19.1 Å². The number of nitrogens with one attached hydrogen (secondary N) is 1. The number of hydrogen-bond acceptors (Lipinski definition) is 1. The Morgan fingerprint density at radius 3 is 2.71 bits per heavy atom. The molecule has 0 aromatic heterocycles. The molecule has 0 aliphatic rings. The third kappa shape index (κ3) is 2.23. The molecule has 14 heavy (non-hydrogen) atoms. The molecule has 76 valence electrons. The van der Waals surface area contributed by atoms with Crippen LogP contribution in [0.1, 0.15) is 16.5 Å². The normalized spacial score (nSPS) is 12.3. The first-order valence-electron chi connectivity index (χ1n) is 4.18. The molecule has 0 aliphatic heterocycles. The molecule has 1 amide bonds. The van der Waals surface area contributed by atoms with Crippen LogP contribution in [-0.4, -0.2) is 13.0 Å². The van der Waals surface area contributed by atoms with Gasteiger partial charge in [-0.2, -0.15) is 0 Å². The van der Waals surface area contributed by atoms with Crippen LogP contribution in [-0.2, 0) is 4.79 Å². The number of carbonyl (C=O) groups is 1. The monoisotopic (exact) mass is 215 g/mol. The molecule has 1 unspecified atom stereocenters. The number of carbonyl (C=O) groups excluding carboxylic acids is 1. The quantitative estimate of drug-likeness (QED) is 0.753. The average molecular weight is 216 g/mol. The summed E-state index contributed by atoms with van der Waals surface area (Å²) in [7, 11) is 1.49. The largest absolute Gasteiger partial charge is 0.358 e. The van der Waals surface area contributed by atoms with Crippen LogP contribution >= 0.6 is 11.6 Å². The van der Waals surface area contributed by atoms with E-state index in [4.69, 9.17) is 11.6 Å². The Balaban J connectivity index is 2.96. The summed E-state index contributed by atoms with van der Waals surface area (Å²) in [6.45, 7) is 1.66. The highest BCUT2D eigenvalue weighted by Crippen LogP contribution is 2.22. The molecular formula is C10H11ClFNO. The van der Waals surface area contributed by atoms with Crippen molar-refractivity contribution >= 4 is 17.5 Å². The predicted octanol–water partition coefficient (Wildman–Crippen LogP) is 2.16. The van der Waals surface area contributed by atoms with E-state index < -0.39 is 5.38 Å². The van der Waals surface area contributed by atoms with Gasteiger partial charge < -0.3 is 5.32 Å². The molecule has 1 aromatic rings. The maximum absolute atomic E-state index is 13.1. The number of aryl methyl sites for hydroxylation is 1. The van der Waals surface area contributed by atoms with Crippen LogP contribution < -0.4 is 5.32 Å². The van der Waals surface area contributed by atoms with Crippen LogP contribution in [0.25, 0.3) is 0 Å². The van der Waals surface area contributed by atoms with Gasteiger partial charge in [0.25, 0.3) is 0 Å². The van der Waals surface area contributed by atoms with Crippen molar-refractivity contribution in [3.63, 3.8) is 0 Å². The van der Waals surface area contributed by atoms with Crippen molar-refractivity contribution in [1.29, 1.82) is 0 Å². The highest BCUT2D eigenvalue weighted by Gasteiger charge is 2.16. The number of benzene rings is 1. The lowest BCUT2D eigenvalue weighted by Gasteiger charge is -2.08. The lowest BCUT2D eigenvalue weighted by molar-refractivity contribution is -0.120. The zero-order valence-electron chi connectivity index (χ0n) is 7.97. The summed E-state index contributed by atoms with van der Waals surface area (Å²) in [4.78, 5) is 11.1. The van der Waals surface area contributed by atoms with Gasteiger partial charge >= 0.3 is 0 Å². The second-order valence-electron chi connectivity index (χ2n) is 2.99. The smallest absolute Gasteiger partial charge is 0.242 e. The van der Waals surface area contributed by atoms with Crippen LogP contribution in [0.2, 0.25) is 0 Å². The van der Waals surface area contributed by atoms with E-state index in [2.05, 4.69) is 5.32 Å². The Morgan fingerprint density at radius 2 is 2.21 bits per heavy atom. The Kier molecular flexibility index (Phi) is 3.47. The van der Waals surface area contributed by atoms with Gasteiger partial charge in [0.2, 0.25) is 5.91 Å². The Labute approximate surface area is 87.1 Å². The van der Waals surface area contributed by atoms with Gasteiger partial charge in [0.05, 0.1) is 0 Å². The van der Waals surface area contributed by atoms with E-state index in [0.717, 1.165) is 0 Å². The zero-order chi connectivity index (χ0) is 10.7. The van der Waals surface area contributed by atoms with Crippen LogP contribution in [0.4, 0.5) is 4.39 Å². The van der Waals surface area contributed by atoms with Crippen molar-refractivity contribution in [2.75, 3.05) is 7.05 Å². The van der Waals surface area contributed by atoms with Gasteiger partial charge in [-0.05, 0) is 24.1 Å². The molecule has 0 saturated carbocycles. The summed E-state index contributed by atoms with van der Waals surface area (Å²) in [6.07, 6.45) is 0. The molecule has 2 nitrogen and oxygen atoms in total. The van der Waals surface area contributed by atoms with E-state index in [1.165, 1.54) is 13.1 Å². The van der Waals surface area contributed by atoms with Gasteiger partial charge in [-0.1, -0.05) is 12.1 Å². The lowest BCUT2D eigenvalue weighted by atomic mass is 10.1. The fourth-order valence-electron chi connectivity index (χ4n) is 1.04. The molecule has 0 heterocycles. The molecule has 0 aliphatic carbocycles. The van der Waals surface area contributed by atoms with E-state index in [-0.39, 0.29) is 11.7 Å². The van der Waals surface area contributed by atoms with Gasteiger partial charge in [0.1, 0.15) is 11.2 Å². The van der Waals surface area contributed by atoms with E-state index in [0.29, 0.717) is 11.1 Å². The fraction of sp³-hybridized carbons (Fsp3) is 0.300. The highest BCUT2D eigenvalue weighted by molar-refractivity contribution is 6.30. The molecule has 0 bridgehead atoms. The minimum absolute atomic E-state index is 0.338. The Hall–Kier alpha value is -1.09. The number of alkyl halides is 1. The van der Waals surface area contributed by atoms with Crippen LogP contribution in [0.15, 0.2) is 18.2 Å². The highest BCUT2D eigenvalue weighted by atomic mass is 35.5. The lowest BCUT2D eigenvalue weighted by Crippen LogP contribution is -2.22. The minimum Gasteiger partial charge on any atom is -0.358 e. The summed E-state index contributed by atoms with van der Waals surface area (Å²) in [5.41, 5.74) is 1.00. The van der Waals surface area contributed by atoms with E-state index in [9.17, 15) is 9.18 Å². The molecule has 0 saturated heterocycles. The van der Waals surface area contributed by atoms with Crippen molar-refractivity contribution in [2.45, 2.75) is 12.3 Å². The number of hydrogen-bond donors (Lipinski definition) is 1. The van der Waals surface area contributed by atoms with Crippen LogP contribution in [0.3, 0.4) is 0 Å². The summed E-state index contributed by atoms with van der Waals surface area (Å²) < 4.78 is 13.1. The molecule has 1 N–H and O–H groups in total. The number of halogens is 2. The molecule has 0 spiro atoms. The van der Waals surface area contributed by atoms with Crippen molar-refractivity contribution in [1.82, 2.24) is 5.32 Å². The summed E-state index contributed by atoms with van der Waals surface area (Å²) in [6, 6.07) is 4.52. The molecular weight excluding hydrogens is 205 g/mol. The number of likely N-dealkylation sites (N-methyl/N-ethyl adjacent to an activating group) is 1. The third-order valence-corrected chi connectivity index (χ3v) is 2.42. The van der Waals surface area contributed by atoms with Crippen molar-refractivity contribution in [3.8, 4) is 0 Å². The zero-order valence-corrected chi connectivity index (χ0v) is 8.73. The van der Waals surface area contributed by atoms with Gasteiger partial charge in [-0.25, -0.2) is 4.39 Å². The number of rotatable bonds is 2. The first kappa shape index (κ1) is 11.0. The SMILES string of the molecule is CNC(=O)C(Cl)c1ccc(C)c(F)c1. The molecule has 1 rings (SSSR count). The van der Waals surface area contributed by atoms with Gasteiger partial charge in [0.15, 0.2) is 0 Å². The van der Waals surface area contributed by atoms with E-state index >= 15 is 0 Å². The topological polar surface area (TPSA) is 29.1 Å². The molecule has 1 aromatic carbocycles. The molecule has 4 heteroatoms.